The van der Waals surface area contributed by atoms with Crippen LogP contribution in [0, 0.1) is 23.2 Å². The molecular formula is C17H27N3O3. The van der Waals surface area contributed by atoms with E-state index in [1.165, 1.54) is 19.3 Å². The molecule has 3 N–H and O–H groups in total. The Morgan fingerprint density at radius 3 is 2.00 bits per heavy atom. The van der Waals surface area contributed by atoms with E-state index in [9.17, 15) is 14.4 Å². The Kier molecular flexibility index (Phi) is 4.34. The van der Waals surface area contributed by atoms with Crippen molar-refractivity contribution >= 4 is 17.7 Å². The average Bonchev–Trinajstić information content (AvgIpc) is 2.50. The fourth-order valence-corrected chi connectivity index (χ4v) is 5.13. The topological polar surface area (TPSA) is 87.3 Å². The second kappa shape index (κ2) is 6.13. The first-order chi connectivity index (χ1) is 10.9. The highest BCUT2D eigenvalue weighted by Crippen LogP contribution is 2.60. The molecule has 1 atom stereocenters. The first-order valence-corrected chi connectivity index (χ1v) is 8.81. The largest absolute Gasteiger partial charge is 0.344 e. The van der Waals surface area contributed by atoms with E-state index in [0.717, 1.165) is 19.3 Å². The van der Waals surface area contributed by atoms with Crippen LogP contribution in [0.5, 0.6) is 0 Å². The molecule has 4 aliphatic carbocycles. The van der Waals surface area contributed by atoms with Gasteiger partial charge < -0.3 is 5.32 Å². The molecule has 23 heavy (non-hydrogen) atoms. The summed E-state index contributed by atoms with van der Waals surface area (Å²) in [7, 11) is 0. The average molecular weight is 321 g/mol. The highest BCUT2D eigenvalue weighted by atomic mass is 16.2. The zero-order valence-electron chi connectivity index (χ0n) is 14.0. The lowest BCUT2D eigenvalue weighted by Gasteiger charge is -2.55. The SMILES string of the molecule is CCC(=O)NNC(=O)[C@H](C)NC(=O)C12CC3CC(CC(C3)C1)C2. The van der Waals surface area contributed by atoms with Crippen molar-refractivity contribution in [3.8, 4) is 0 Å². The fraction of sp³-hybridized carbons (Fsp3) is 0.824. The molecule has 4 rings (SSSR count). The number of hydrogen-bond acceptors (Lipinski definition) is 3. The van der Waals surface area contributed by atoms with Crippen LogP contribution < -0.4 is 16.2 Å². The van der Waals surface area contributed by atoms with Gasteiger partial charge in [-0.3, -0.25) is 25.2 Å². The van der Waals surface area contributed by atoms with Crippen molar-refractivity contribution in [3.05, 3.63) is 0 Å². The predicted octanol–water partition coefficient (Wildman–Crippen LogP) is 1.26. The van der Waals surface area contributed by atoms with Crippen LogP contribution in [-0.4, -0.2) is 23.8 Å². The molecular weight excluding hydrogens is 294 g/mol. The number of amides is 3. The van der Waals surface area contributed by atoms with E-state index in [-0.39, 0.29) is 23.1 Å². The van der Waals surface area contributed by atoms with Gasteiger partial charge in [-0.2, -0.15) is 0 Å². The predicted molar refractivity (Wildman–Crippen MR) is 84.8 cm³/mol. The Hall–Kier alpha value is -1.59. The number of hydrogen-bond donors (Lipinski definition) is 3. The molecule has 0 heterocycles. The van der Waals surface area contributed by atoms with E-state index in [4.69, 9.17) is 0 Å². The van der Waals surface area contributed by atoms with E-state index in [0.29, 0.717) is 24.2 Å². The van der Waals surface area contributed by atoms with E-state index >= 15 is 0 Å². The van der Waals surface area contributed by atoms with Crippen molar-refractivity contribution in [2.75, 3.05) is 0 Å². The molecule has 4 bridgehead atoms. The van der Waals surface area contributed by atoms with Crippen molar-refractivity contribution in [1.29, 1.82) is 0 Å². The van der Waals surface area contributed by atoms with Crippen LogP contribution in [0.4, 0.5) is 0 Å². The molecule has 128 valence electrons. The van der Waals surface area contributed by atoms with Crippen LogP contribution >= 0.6 is 0 Å². The van der Waals surface area contributed by atoms with Crippen molar-refractivity contribution < 1.29 is 14.4 Å². The van der Waals surface area contributed by atoms with Gasteiger partial charge in [0.05, 0.1) is 0 Å². The van der Waals surface area contributed by atoms with Gasteiger partial charge in [0.15, 0.2) is 0 Å². The minimum Gasteiger partial charge on any atom is -0.344 e. The monoisotopic (exact) mass is 321 g/mol. The third-order valence-corrected chi connectivity index (χ3v) is 5.91. The van der Waals surface area contributed by atoms with Gasteiger partial charge in [-0.15, -0.1) is 0 Å². The summed E-state index contributed by atoms with van der Waals surface area (Å²) in [5, 5.41) is 2.88. The summed E-state index contributed by atoms with van der Waals surface area (Å²) in [5.41, 5.74) is 4.44. The van der Waals surface area contributed by atoms with Crippen LogP contribution in [0.15, 0.2) is 0 Å². The quantitative estimate of drug-likeness (QED) is 0.681. The molecule has 3 amide bonds. The zero-order chi connectivity index (χ0) is 16.6. The summed E-state index contributed by atoms with van der Waals surface area (Å²) in [5.74, 6) is 1.48. The van der Waals surface area contributed by atoms with Gasteiger partial charge in [-0.05, 0) is 63.2 Å². The third-order valence-electron chi connectivity index (χ3n) is 5.91. The van der Waals surface area contributed by atoms with Crippen molar-refractivity contribution in [2.24, 2.45) is 23.2 Å². The standard InChI is InChI=1S/C17H27N3O3/c1-3-14(21)19-20-15(22)10(2)18-16(23)17-7-11-4-12(8-17)6-13(5-11)9-17/h10-13H,3-9H2,1-2H3,(H,18,23)(H,19,21)(H,20,22)/t10-,11?,12?,13?,17?/m0/s1. The van der Waals surface area contributed by atoms with Gasteiger partial charge in [-0.1, -0.05) is 6.92 Å². The minimum absolute atomic E-state index is 0.0288. The van der Waals surface area contributed by atoms with Crippen LogP contribution in [-0.2, 0) is 14.4 Å². The molecule has 6 heteroatoms. The molecule has 4 fully saturated rings. The molecule has 4 aliphatic rings. The normalized spacial score (nSPS) is 35.5. The molecule has 0 saturated heterocycles. The van der Waals surface area contributed by atoms with Crippen LogP contribution in [0.3, 0.4) is 0 Å². The molecule has 0 aromatic rings. The Morgan fingerprint density at radius 1 is 1.00 bits per heavy atom. The lowest BCUT2D eigenvalue weighted by molar-refractivity contribution is -0.148. The van der Waals surface area contributed by atoms with Gasteiger partial charge >= 0.3 is 0 Å². The van der Waals surface area contributed by atoms with Crippen LogP contribution in [0.25, 0.3) is 0 Å². The van der Waals surface area contributed by atoms with Gasteiger partial charge in [0.1, 0.15) is 6.04 Å². The Balaban J connectivity index is 1.56. The lowest BCUT2D eigenvalue weighted by atomic mass is 9.49. The second-order valence-electron chi connectivity index (χ2n) is 7.78. The molecule has 0 aliphatic heterocycles. The summed E-state index contributed by atoms with van der Waals surface area (Å²) >= 11 is 0. The van der Waals surface area contributed by atoms with E-state index in [1.807, 2.05) is 0 Å². The van der Waals surface area contributed by atoms with Crippen LogP contribution in [0.1, 0.15) is 58.8 Å². The molecule has 0 aromatic heterocycles. The minimum atomic E-state index is -0.646. The second-order valence-corrected chi connectivity index (χ2v) is 7.78. The van der Waals surface area contributed by atoms with E-state index < -0.39 is 6.04 Å². The molecule has 0 unspecified atom stereocenters. The summed E-state index contributed by atoms with van der Waals surface area (Å²) in [6.45, 7) is 3.37. The van der Waals surface area contributed by atoms with Gasteiger partial charge in [0.2, 0.25) is 11.8 Å². The molecule has 6 nitrogen and oxygen atoms in total. The smallest absolute Gasteiger partial charge is 0.260 e. The van der Waals surface area contributed by atoms with Gasteiger partial charge in [-0.25, -0.2) is 0 Å². The molecule has 0 aromatic carbocycles. The maximum absolute atomic E-state index is 12.8. The maximum atomic E-state index is 12.8. The summed E-state index contributed by atoms with van der Waals surface area (Å²) in [4.78, 5) is 36.0. The van der Waals surface area contributed by atoms with Crippen molar-refractivity contribution in [2.45, 2.75) is 64.8 Å². The van der Waals surface area contributed by atoms with E-state index in [2.05, 4.69) is 16.2 Å². The number of hydrazine groups is 1. The molecule has 0 spiro atoms. The Morgan fingerprint density at radius 2 is 1.52 bits per heavy atom. The van der Waals surface area contributed by atoms with Gasteiger partial charge in [0.25, 0.3) is 5.91 Å². The fourth-order valence-electron chi connectivity index (χ4n) is 5.13. The number of carbonyl (C=O) groups excluding carboxylic acids is 3. The summed E-state index contributed by atoms with van der Waals surface area (Å²) in [6.07, 6.45) is 7.08. The lowest BCUT2D eigenvalue weighted by Crippen LogP contribution is -2.57. The highest BCUT2D eigenvalue weighted by molar-refractivity contribution is 5.91. The number of rotatable bonds is 4. The molecule has 4 saturated carbocycles. The van der Waals surface area contributed by atoms with Gasteiger partial charge in [0, 0.05) is 11.8 Å². The maximum Gasteiger partial charge on any atom is 0.260 e. The Labute approximate surface area is 137 Å². The highest BCUT2D eigenvalue weighted by Gasteiger charge is 2.54. The van der Waals surface area contributed by atoms with Crippen molar-refractivity contribution in [3.63, 3.8) is 0 Å². The van der Waals surface area contributed by atoms with Crippen LogP contribution in [0.2, 0.25) is 0 Å². The first-order valence-electron chi connectivity index (χ1n) is 8.81. The van der Waals surface area contributed by atoms with E-state index in [1.54, 1.807) is 13.8 Å². The third kappa shape index (κ3) is 3.21. The van der Waals surface area contributed by atoms with Crippen molar-refractivity contribution in [1.82, 2.24) is 16.2 Å². The summed E-state index contributed by atoms with van der Waals surface area (Å²) < 4.78 is 0. The zero-order valence-corrected chi connectivity index (χ0v) is 14.0. The summed E-state index contributed by atoms with van der Waals surface area (Å²) in [6, 6.07) is -0.646. The number of nitrogens with one attached hydrogen (secondary N) is 3. The Bertz CT molecular complexity index is 482. The first kappa shape index (κ1) is 16.3. The molecule has 0 radical (unpaired) electrons. The number of carbonyl (C=O) groups is 3.